The number of ketones is 1. The molecule has 8 heteroatoms. The number of benzene rings is 3. The summed E-state index contributed by atoms with van der Waals surface area (Å²) >= 11 is 0. The highest BCUT2D eigenvalue weighted by Crippen LogP contribution is 2.32. The molecular formula is C29H27N3O4S. The van der Waals surface area contributed by atoms with Crippen LogP contribution in [0.15, 0.2) is 72.4 Å². The molecule has 37 heavy (non-hydrogen) atoms. The molecule has 1 aliphatic carbocycles. The number of carbonyl (C=O) groups is 1. The number of Topliss-reactive ketones (excluding diaryl/α,β-unsaturated/α-hetero) is 1. The van der Waals surface area contributed by atoms with E-state index < -0.39 is 9.84 Å². The molecule has 0 amide bonds. The highest BCUT2D eigenvalue weighted by atomic mass is 32.2. The van der Waals surface area contributed by atoms with Gasteiger partial charge in [0.15, 0.2) is 15.6 Å². The van der Waals surface area contributed by atoms with E-state index >= 15 is 0 Å². The van der Waals surface area contributed by atoms with Crippen LogP contribution in [-0.2, 0) is 22.0 Å². The van der Waals surface area contributed by atoms with Gasteiger partial charge in [-0.25, -0.2) is 13.1 Å². The van der Waals surface area contributed by atoms with Crippen molar-refractivity contribution in [1.29, 1.82) is 0 Å². The molecule has 2 N–H and O–H groups in total. The third-order valence-corrected chi connectivity index (χ3v) is 7.28. The lowest BCUT2D eigenvalue weighted by atomic mass is 10.0. The number of ether oxygens (including phenoxy) is 1. The summed E-state index contributed by atoms with van der Waals surface area (Å²) in [7, 11) is -3.16. The molecule has 4 aromatic rings. The monoisotopic (exact) mass is 513 g/mol. The number of sulfone groups is 1. The van der Waals surface area contributed by atoms with E-state index in [4.69, 9.17) is 10.5 Å². The summed E-state index contributed by atoms with van der Waals surface area (Å²) in [5.74, 6) is 1.47. The number of nitrogens with zero attached hydrogens (tertiary/aromatic N) is 2. The Morgan fingerprint density at radius 3 is 2.49 bits per heavy atom. The number of aromatic nitrogens is 2. The summed E-state index contributed by atoms with van der Waals surface area (Å²) in [5, 5.41) is 4.41. The van der Waals surface area contributed by atoms with Gasteiger partial charge in [0.1, 0.15) is 17.3 Å². The summed E-state index contributed by atoms with van der Waals surface area (Å²) in [4.78, 5) is 13.4. The lowest BCUT2D eigenvalue weighted by Crippen LogP contribution is -2.09. The molecule has 1 heterocycles. The van der Waals surface area contributed by atoms with Crippen LogP contribution in [0.5, 0.6) is 11.5 Å². The van der Waals surface area contributed by atoms with Gasteiger partial charge < -0.3 is 10.5 Å². The predicted octanol–water partition coefficient (Wildman–Crippen LogP) is 5.23. The molecule has 3 aromatic carbocycles. The highest BCUT2D eigenvalue weighted by Gasteiger charge is 2.25. The fourth-order valence-corrected chi connectivity index (χ4v) is 5.47. The van der Waals surface area contributed by atoms with Crippen molar-refractivity contribution < 1.29 is 17.9 Å². The van der Waals surface area contributed by atoms with Crippen LogP contribution in [0.3, 0.4) is 0 Å². The number of hydrogen-bond acceptors (Lipinski definition) is 6. The van der Waals surface area contributed by atoms with E-state index in [1.807, 2.05) is 80.6 Å². The van der Waals surface area contributed by atoms with E-state index in [2.05, 4.69) is 5.10 Å². The zero-order valence-electron chi connectivity index (χ0n) is 20.9. The number of carbonyl (C=O) groups excluding carboxylic acids is 1. The van der Waals surface area contributed by atoms with Crippen LogP contribution in [0.25, 0.3) is 11.8 Å². The summed E-state index contributed by atoms with van der Waals surface area (Å²) in [6.07, 6.45) is 4.99. The van der Waals surface area contributed by atoms with Gasteiger partial charge >= 0.3 is 0 Å². The Morgan fingerprint density at radius 1 is 1.03 bits per heavy atom. The van der Waals surface area contributed by atoms with Crippen LogP contribution in [-0.4, -0.2) is 30.2 Å². The first kappa shape index (κ1) is 24.5. The van der Waals surface area contributed by atoms with Crippen LogP contribution in [0, 0.1) is 13.8 Å². The van der Waals surface area contributed by atoms with Crippen molar-refractivity contribution in [2.24, 2.45) is 0 Å². The lowest BCUT2D eigenvalue weighted by molar-refractivity contribution is 0.103. The number of nitrogens with two attached hydrogens (primary N) is 1. The largest absolute Gasteiger partial charge is 0.457 e. The molecule has 0 saturated carbocycles. The summed E-state index contributed by atoms with van der Waals surface area (Å²) in [6, 6.07) is 18.9. The predicted molar refractivity (Wildman–Crippen MR) is 145 cm³/mol. The molecule has 0 atom stereocenters. The van der Waals surface area contributed by atoms with Gasteiger partial charge in [0.25, 0.3) is 0 Å². The van der Waals surface area contributed by atoms with Crippen LogP contribution in [0.1, 0.15) is 38.2 Å². The molecule has 0 unspecified atom stereocenters. The van der Waals surface area contributed by atoms with E-state index in [0.717, 1.165) is 39.3 Å². The zero-order valence-corrected chi connectivity index (χ0v) is 21.7. The third kappa shape index (κ3) is 5.06. The maximum atomic E-state index is 13.4. The first-order chi connectivity index (χ1) is 17.6. The van der Waals surface area contributed by atoms with Gasteiger partial charge in [0.05, 0.1) is 23.2 Å². The quantitative estimate of drug-likeness (QED) is 0.339. The molecule has 0 saturated heterocycles. The van der Waals surface area contributed by atoms with E-state index in [9.17, 15) is 13.2 Å². The average molecular weight is 514 g/mol. The minimum absolute atomic E-state index is 0.0242. The Hall–Kier alpha value is -4.17. The maximum absolute atomic E-state index is 13.4. The van der Waals surface area contributed by atoms with Crippen molar-refractivity contribution in [2.45, 2.75) is 26.0 Å². The van der Waals surface area contributed by atoms with Gasteiger partial charge in [0.2, 0.25) is 0 Å². The van der Waals surface area contributed by atoms with E-state index in [-0.39, 0.29) is 17.4 Å². The SMILES string of the molecule is Cc1cc2c(cc1CS(C)(=O)=O)CC(C(=O)c1cnn(-c3ccc(Oc4ccccc4)cc3C)c1N)=C2. The Labute approximate surface area is 216 Å². The van der Waals surface area contributed by atoms with Crippen molar-refractivity contribution in [1.82, 2.24) is 9.78 Å². The normalized spacial score (nSPS) is 12.8. The Kier molecular flexibility index (Phi) is 6.21. The van der Waals surface area contributed by atoms with Crippen LogP contribution < -0.4 is 10.5 Å². The second-order valence-electron chi connectivity index (χ2n) is 9.44. The number of nitrogen functional groups attached to an aromatic ring is 1. The Morgan fingerprint density at radius 2 is 1.78 bits per heavy atom. The zero-order chi connectivity index (χ0) is 26.3. The number of anilines is 1. The summed E-state index contributed by atoms with van der Waals surface area (Å²) in [5.41, 5.74) is 12.5. The molecule has 188 valence electrons. The van der Waals surface area contributed by atoms with E-state index in [0.29, 0.717) is 23.3 Å². The molecule has 0 spiro atoms. The number of fused-ring (bicyclic) bond motifs is 1. The molecule has 7 nitrogen and oxygen atoms in total. The highest BCUT2D eigenvalue weighted by molar-refractivity contribution is 7.89. The van der Waals surface area contributed by atoms with Crippen molar-refractivity contribution in [3.63, 3.8) is 0 Å². The van der Waals surface area contributed by atoms with Gasteiger partial charge in [-0.1, -0.05) is 30.3 Å². The first-order valence-electron chi connectivity index (χ1n) is 11.8. The second-order valence-corrected chi connectivity index (χ2v) is 11.6. The lowest BCUT2D eigenvalue weighted by Gasteiger charge is -2.11. The molecule has 1 aliphatic rings. The fraction of sp³-hybridized carbons (Fsp3) is 0.172. The van der Waals surface area contributed by atoms with Crippen LogP contribution >= 0.6 is 0 Å². The van der Waals surface area contributed by atoms with Crippen molar-refractivity contribution in [3.8, 4) is 17.2 Å². The molecule has 0 radical (unpaired) electrons. The standard InChI is InChI=1S/C29H27N3O4S/c1-18-11-20-13-22(14-21(20)15-23(18)17-37(3,34)35)28(33)26-16-31-32(29(26)30)27-10-9-25(12-19(27)2)36-24-7-5-4-6-8-24/h4-13,15-16H,14,17,30H2,1-3H3. The topological polar surface area (TPSA) is 104 Å². The van der Waals surface area contributed by atoms with Gasteiger partial charge in [-0.05, 0) is 78.1 Å². The maximum Gasteiger partial charge on any atom is 0.194 e. The molecule has 0 aliphatic heterocycles. The number of allylic oxidation sites excluding steroid dienone is 1. The van der Waals surface area contributed by atoms with Crippen molar-refractivity contribution >= 4 is 27.5 Å². The molecule has 5 rings (SSSR count). The van der Waals surface area contributed by atoms with Gasteiger partial charge in [-0.15, -0.1) is 0 Å². The Balaban J connectivity index is 1.38. The van der Waals surface area contributed by atoms with Gasteiger partial charge in [-0.2, -0.15) is 5.10 Å². The van der Waals surface area contributed by atoms with Gasteiger partial charge in [0, 0.05) is 18.2 Å². The smallest absolute Gasteiger partial charge is 0.194 e. The number of aryl methyl sites for hydroxylation is 2. The first-order valence-corrected chi connectivity index (χ1v) is 13.9. The molecule has 0 bridgehead atoms. The van der Waals surface area contributed by atoms with E-state index in [1.54, 1.807) is 4.68 Å². The van der Waals surface area contributed by atoms with Crippen LogP contribution in [0.2, 0.25) is 0 Å². The second kappa shape index (κ2) is 9.37. The van der Waals surface area contributed by atoms with Gasteiger partial charge in [-0.3, -0.25) is 4.79 Å². The number of rotatable bonds is 7. The molecular weight excluding hydrogens is 486 g/mol. The Bertz CT molecular complexity index is 1670. The fourth-order valence-electron chi connectivity index (χ4n) is 4.59. The minimum Gasteiger partial charge on any atom is -0.457 e. The summed E-state index contributed by atoms with van der Waals surface area (Å²) in [6.45, 7) is 3.82. The molecule has 1 aromatic heterocycles. The minimum atomic E-state index is -3.16. The number of para-hydroxylation sites is 1. The number of hydrogen-bond donors (Lipinski definition) is 1. The van der Waals surface area contributed by atoms with Crippen LogP contribution in [0.4, 0.5) is 5.82 Å². The summed E-state index contributed by atoms with van der Waals surface area (Å²) < 4.78 is 31.1. The average Bonchev–Trinajstić information content (AvgIpc) is 3.42. The van der Waals surface area contributed by atoms with Crippen molar-refractivity contribution in [2.75, 3.05) is 12.0 Å². The van der Waals surface area contributed by atoms with E-state index in [1.165, 1.54) is 12.5 Å². The van der Waals surface area contributed by atoms with Crippen molar-refractivity contribution in [3.05, 3.63) is 106 Å². The third-order valence-electron chi connectivity index (χ3n) is 6.44. The molecule has 0 fully saturated rings.